The lowest BCUT2D eigenvalue weighted by molar-refractivity contribution is -0.153. The third-order valence-corrected chi connectivity index (χ3v) is 7.65. The van der Waals surface area contributed by atoms with Crippen molar-refractivity contribution in [2.45, 2.75) is 31.5 Å². The molecule has 36 heavy (non-hydrogen) atoms. The molecule has 9 nitrogen and oxygen atoms in total. The number of ether oxygens (including phenoxy) is 2. The molecule has 0 atom stereocenters. The molecule has 3 heterocycles. The van der Waals surface area contributed by atoms with Crippen LogP contribution in [0.1, 0.15) is 30.4 Å². The minimum atomic E-state index is -4.56. The first kappa shape index (κ1) is 26.0. The molecule has 1 fully saturated rings. The zero-order valence-electron chi connectivity index (χ0n) is 19.2. The normalized spacial score (nSPS) is 17.1. The van der Waals surface area contributed by atoms with Crippen molar-refractivity contribution in [1.82, 2.24) is 19.9 Å². The van der Waals surface area contributed by atoms with Gasteiger partial charge in [-0.2, -0.15) is 13.2 Å². The van der Waals surface area contributed by atoms with E-state index >= 15 is 0 Å². The van der Waals surface area contributed by atoms with Crippen LogP contribution in [0.4, 0.5) is 13.2 Å². The third kappa shape index (κ3) is 6.01. The lowest BCUT2D eigenvalue weighted by Crippen LogP contribution is -2.51. The number of aromatic nitrogens is 3. The summed E-state index contributed by atoms with van der Waals surface area (Å²) in [6, 6.07) is 5.83. The van der Waals surface area contributed by atoms with Gasteiger partial charge < -0.3 is 19.4 Å². The van der Waals surface area contributed by atoms with Crippen LogP contribution in [0.3, 0.4) is 0 Å². The zero-order valence-corrected chi connectivity index (χ0v) is 20.8. The van der Waals surface area contributed by atoms with Gasteiger partial charge in [-0.15, -0.1) is 0 Å². The number of hydrogen-bond acceptors (Lipinski definition) is 7. The number of hydrogen-bond donors (Lipinski definition) is 1. The quantitative estimate of drug-likeness (QED) is 0.496. The van der Waals surface area contributed by atoms with Gasteiger partial charge in [0.2, 0.25) is 0 Å². The molecule has 0 bridgehead atoms. The van der Waals surface area contributed by atoms with Crippen LogP contribution in [-0.2, 0) is 16.9 Å². The molecule has 0 spiro atoms. The first-order valence-electron chi connectivity index (χ1n) is 10.8. The Morgan fingerprint density at radius 3 is 2.61 bits per heavy atom. The summed E-state index contributed by atoms with van der Waals surface area (Å²) >= 11 is 5.84. The first-order valence-corrected chi connectivity index (χ1v) is 13.0. The topological polar surface area (TPSA) is 112 Å². The number of alkyl halides is 3. The monoisotopic (exact) mass is 546 g/mol. The summed E-state index contributed by atoms with van der Waals surface area (Å²) in [5.41, 5.74) is 0.312. The second kappa shape index (κ2) is 9.43. The Balaban J connectivity index is 1.55. The largest absolute Gasteiger partial charge is 0.478 e. The number of carbonyl (C=O) groups excluding carboxylic acids is 1. The van der Waals surface area contributed by atoms with Crippen molar-refractivity contribution in [2.24, 2.45) is 7.05 Å². The van der Waals surface area contributed by atoms with E-state index in [-0.39, 0.29) is 39.7 Å². The number of pyridine rings is 1. The van der Waals surface area contributed by atoms with Gasteiger partial charge >= 0.3 is 6.18 Å². The lowest BCUT2D eigenvalue weighted by Gasteiger charge is -2.34. The van der Waals surface area contributed by atoms with Gasteiger partial charge in [0.15, 0.2) is 18.2 Å². The van der Waals surface area contributed by atoms with Gasteiger partial charge in [0.25, 0.3) is 11.8 Å². The maximum absolute atomic E-state index is 13.0. The summed E-state index contributed by atoms with van der Waals surface area (Å²) in [6.45, 7) is 0.251. The number of halogens is 4. The van der Waals surface area contributed by atoms with Gasteiger partial charge in [-0.05, 0) is 31.9 Å². The van der Waals surface area contributed by atoms with Crippen LogP contribution in [0.5, 0.6) is 17.4 Å². The molecule has 4 rings (SSSR count). The van der Waals surface area contributed by atoms with E-state index in [4.69, 9.17) is 21.1 Å². The fourth-order valence-corrected chi connectivity index (χ4v) is 5.61. The van der Waals surface area contributed by atoms with Crippen LogP contribution in [0.2, 0.25) is 5.02 Å². The minimum absolute atomic E-state index is 0.000423. The Kier molecular flexibility index (Phi) is 6.82. The second-order valence-electron chi connectivity index (χ2n) is 8.77. The number of sulfone groups is 1. The van der Waals surface area contributed by atoms with Crippen LogP contribution in [-0.4, -0.2) is 58.7 Å². The molecule has 1 aliphatic heterocycles. The molecular weight excluding hydrogens is 525 g/mol. The first-order chi connectivity index (χ1) is 16.7. The predicted molar refractivity (Wildman–Crippen MR) is 125 cm³/mol. The Bertz CT molecular complexity index is 1410. The highest BCUT2D eigenvalue weighted by atomic mass is 35.5. The fourth-order valence-electron chi connectivity index (χ4n) is 3.74. The summed E-state index contributed by atoms with van der Waals surface area (Å²) in [5.74, 6) is -0.638. The molecule has 14 heteroatoms. The summed E-state index contributed by atoms with van der Waals surface area (Å²) < 4.78 is 73.3. The van der Waals surface area contributed by atoms with E-state index in [0.717, 1.165) is 6.07 Å². The number of imidazole rings is 1. The van der Waals surface area contributed by atoms with E-state index in [1.165, 1.54) is 16.8 Å². The number of rotatable bonds is 6. The number of aryl methyl sites for hydroxylation is 1. The summed E-state index contributed by atoms with van der Waals surface area (Å²) in [6.07, 6.45) is -2.75. The van der Waals surface area contributed by atoms with Crippen LogP contribution in [0.15, 0.2) is 30.5 Å². The Morgan fingerprint density at radius 2 is 1.94 bits per heavy atom. The maximum Gasteiger partial charge on any atom is 0.422 e. The number of amides is 1. The number of fused-ring (bicyclic) bond motifs is 1. The van der Waals surface area contributed by atoms with Gasteiger partial charge in [-0.3, -0.25) is 4.79 Å². The van der Waals surface area contributed by atoms with Crippen molar-refractivity contribution >= 4 is 38.4 Å². The summed E-state index contributed by atoms with van der Waals surface area (Å²) in [7, 11) is -1.47. The van der Waals surface area contributed by atoms with Crippen molar-refractivity contribution in [3.05, 3.63) is 41.3 Å². The number of carbonyl (C=O) groups is 1. The maximum atomic E-state index is 13.0. The molecule has 0 aliphatic carbocycles. The third-order valence-electron chi connectivity index (χ3n) is 5.79. The van der Waals surface area contributed by atoms with E-state index < -0.39 is 34.1 Å². The molecule has 1 aliphatic rings. The molecule has 2 aromatic heterocycles. The highest BCUT2D eigenvalue weighted by Gasteiger charge is 2.35. The van der Waals surface area contributed by atoms with Gasteiger partial charge in [0.1, 0.15) is 15.6 Å². The van der Waals surface area contributed by atoms with Crippen LogP contribution in [0, 0.1) is 0 Å². The molecule has 194 valence electrons. The van der Waals surface area contributed by atoms with Crippen LogP contribution >= 0.6 is 11.6 Å². The average molecular weight is 547 g/mol. The Hall–Kier alpha value is -3.06. The van der Waals surface area contributed by atoms with Gasteiger partial charge in [0.05, 0.1) is 27.6 Å². The smallest absolute Gasteiger partial charge is 0.422 e. The molecule has 1 aromatic carbocycles. The molecule has 0 radical (unpaired) electrons. The number of nitrogens with one attached hydrogen (secondary N) is 1. The molecule has 1 N–H and O–H groups in total. The summed E-state index contributed by atoms with van der Waals surface area (Å²) in [4.78, 5) is 21.3. The average Bonchev–Trinajstić information content (AvgIpc) is 3.12. The molecule has 0 unspecified atom stereocenters. The highest BCUT2D eigenvalue weighted by Crippen LogP contribution is 2.34. The molecule has 0 saturated carbocycles. The van der Waals surface area contributed by atoms with Crippen molar-refractivity contribution in [2.75, 3.05) is 18.1 Å². The fraction of sp³-hybridized carbons (Fsp3) is 0.409. The number of benzene rings is 1. The van der Waals surface area contributed by atoms with Gasteiger partial charge in [-0.25, -0.2) is 18.4 Å². The standard InChI is InChI=1S/C22H22ClF3N4O5S/c1-21(5-7-36(32,33)8-6-21)29-19(31)18-28-15-4-3-14(10-16(15)30(18)2)35-20-17(9-13(23)11-27-20)34-12-22(24,25)26/h3-4,9-11H,5-8,12H2,1-2H3,(H,29,31). The van der Waals surface area contributed by atoms with Crippen molar-refractivity contribution in [3.63, 3.8) is 0 Å². The van der Waals surface area contributed by atoms with Crippen molar-refractivity contribution in [3.8, 4) is 17.4 Å². The highest BCUT2D eigenvalue weighted by molar-refractivity contribution is 7.91. The van der Waals surface area contributed by atoms with E-state index in [1.54, 1.807) is 26.1 Å². The van der Waals surface area contributed by atoms with Crippen LogP contribution in [0.25, 0.3) is 11.0 Å². The van der Waals surface area contributed by atoms with E-state index in [0.29, 0.717) is 23.9 Å². The molecule has 1 saturated heterocycles. The van der Waals surface area contributed by atoms with Gasteiger partial charge in [-0.1, -0.05) is 11.6 Å². The van der Waals surface area contributed by atoms with Crippen molar-refractivity contribution in [1.29, 1.82) is 0 Å². The van der Waals surface area contributed by atoms with E-state index in [9.17, 15) is 26.4 Å². The predicted octanol–water partition coefficient (Wildman–Crippen LogP) is 4.05. The van der Waals surface area contributed by atoms with E-state index in [2.05, 4.69) is 15.3 Å². The van der Waals surface area contributed by atoms with Crippen molar-refractivity contribution < 1.29 is 35.9 Å². The SMILES string of the molecule is Cn1c(C(=O)NC2(C)CCS(=O)(=O)CC2)nc2ccc(Oc3ncc(Cl)cc3OCC(F)(F)F)cc21. The molecular formula is C22H22ClF3N4O5S. The van der Waals surface area contributed by atoms with Crippen LogP contribution < -0.4 is 14.8 Å². The lowest BCUT2D eigenvalue weighted by atomic mass is 9.95. The second-order valence-corrected chi connectivity index (χ2v) is 11.5. The van der Waals surface area contributed by atoms with E-state index in [1.807, 2.05) is 0 Å². The molecule has 1 amide bonds. The zero-order chi connectivity index (χ0) is 26.3. The minimum Gasteiger partial charge on any atom is -0.478 e. The summed E-state index contributed by atoms with van der Waals surface area (Å²) in [5, 5.41) is 2.97. The Morgan fingerprint density at radius 1 is 1.25 bits per heavy atom. The number of nitrogens with zero attached hydrogens (tertiary/aromatic N) is 3. The molecule has 3 aromatic rings. The Labute approximate surface area is 209 Å². The van der Waals surface area contributed by atoms with Gasteiger partial charge in [0, 0.05) is 30.9 Å².